The topological polar surface area (TPSA) is 106 Å². The summed E-state index contributed by atoms with van der Waals surface area (Å²) in [6, 6.07) is 3.60. The average Bonchev–Trinajstić information content (AvgIpc) is 2.91. The number of hydrogen-bond donors (Lipinski definition) is 3. The van der Waals surface area contributed by atoms with E-state index in [0.29, 0.717) is 12.2 Å². The van der Waals surface area contributed by atoms with Gasteiger partial charge in [0.15, 0.2) is 5.82 Å². The Kier molecular flexibility index (Phi) is 4.09. The lowest BCUT2D eigenvalue weighted by Gasteiger charge is -2.12. The number of nitrogens with one attached hydrogen (secondary N) is 2. The summed E-state index contributed by atoms with van der Waals surface area (Å²) in [5.41, 5.74) is 2.55. The Bertz CT molecular complexity index is 541. The zero-order valence-corrected chi connectivity index (χ0v) is 10.5. The van der Waals surface area contributed by atoms with Crippen molar-refractivity contribution in [2.24, 2.45) is 5.84 Å². The number of nitrogen functional groups attached to an aromatic ring is 1. The zero-order valence-electron chi connectivity index (χ0n) is 10.5. The van der Waals surface area contributed by atoms with Crippen molar-refractivity contribution in [3.8, 4) is 0 Å². The van der Waals surface area contributed by atoms with E-state index < -0.39 is 0 Å². The van der Waals surface area contributed by atoms with Crippen LogP contribution in [-0.4, -0.2) is 21.9 Å². The van der Waals surface area contributed by atoms with Crippen molar-refractivity contribution in [2.75, 3.05) is 5.43 Å². The Hall–Kier alpha value is -2.41. The molecule has 1 amide bonds. The molecular weight excluding hydrogens is 246 g/mol. The molecule has 2 rings (SSSR count). The molecule has 0 spiro atoms. The number of furan rings is 1. The van der Waals surface area contributed by atoms with E-state index >= 15 is 0 Å². The maximum atomic E-state index is 11.9. The monoisotopic (exact) mass is 261 g/mol. The molecule has 2 aromatic rings. The number of carbonyl (C=O) groups excluding carboxylic acids is 1. The summed E-state index contributed by atoms with van der Waals surface area (Å²) in [4.78, 5) is 19.8. The number of nitrogens with zero attached hydrogens (tertiary/aromatic N) is 2. The molecule has 0 aliphatic carbocycles. The molecular formula is C12H15N5O2. The van der Waals surface area contributed by atoms with Gasteiger partial charge in [0.25, 0.3) is 5.91 Å². The van der Waals surface area contributed by atoms with Gasteiger partial charge in [-0.15, -0.1) is 0 Å². The fourth-order valence-corrected chi connectivity index (χ4v) is 1.62. The normalized spacial score (nSPS) is 11.9. The molecule has 0 aliphatic heterocycles. The van der Waals surface area contributed by atoms with Gasteiger partial charge >= 0.3 is 0 Å². The van der Waals surface area contributed by atoms with E-state index in [0.717, 1.165) is 5.76 Å². The number of hydrazine groups is 1. The summed E-state index contributed by atoms with van der Waals surface area (Å²) in [5.74, 6) is 6.07. The van der Waals surface area contributed by atoms with Crippen LogP contribution in [0.2, 0.25) is 0 Å². The van der Waals surface area contributed by atoms with E-state index in [-0.39, 0.29) is 17.6 Å². The number of amides is 1. The first-order valence-corrected chi connectivity index (χ1v) is 5.81. The van der Waals surface area contributed by atoms with Crippen LogP contribution in [0.3, 0.4) is 0 Å². The highest BCUT2D eigenvalue weighted by atomic mass is 16.3. The van der Waals surface area contributed by atoms with Gasteiger partial charge in [-0.05, 0) is 19.1 Å². The molecule has 1 unspecified atom stereocenters. The molecule has 7 heteroatoms. The van der Waals surface area contributed by atoms with Crippen LogP contribution in [0.4, 0.5) is 5.82 Å². The number of aromatic nitrogens is 2. The smallest absolute Gasteiger partial charge is 0.271 e. The van der Waals surface area contributed by atoms with E-state index in [1.165, 1.54) is 12.4 Å². The molecule has 0 aromatic carbocycles. The molecule has 2 aromatic heterocycles. The van der Waals surface area contributed by atoms with Crippen LogP contribution in [0.25, 0.3) is 0 Å². The Morgan fingerprint density at radius 3 is 3.05 bits per heavy atom. The van der Waals surface area contributed by atoms with E-state index in [4.69, 9.17) is 10.3 Å². The van der Waals surface area contributed by atoms with Crippen molar-refractivity contribution in [1.29, 1.82) is 0 Å². The highest BCUT2D eigenvalue weighted by Crippen LogP contribution is 2.05. The Morgan fingerprint density at radius 2 is 2.37 bits per heavy atom. The highest BCUT2D eigenvalue weighted by molar-refractivity contribution is 5.92. The van der Waals surface area contributed by atoms with Gasteiger partial charge in [0.1, 0.15) is 11.5 Å². The fourth-order valence-electron chi connectivity index (χ4n) is 1.62. The van der Waals surface area contributed by atoms with Crippen molar-refractivity contribution < 1.29 is 9.21 Å². The predicted molar refractivity (Wildman–Crippen MR) is 69.2 cm³/mol. The molecule has 0 bridgehead atoms. The first-order valence-electron chi connectivity index (χ1n) is 5.81. The third kappa shape index (κ3) is 3.52. The molecule has 2 heterocycles. The molecule has 7 nitrogen and oxygen atoms in total. The van der Waals surface area contributed by atoms with Gasteiger partial charge in [-0.25, -0.2) is 10.8 Å². The summed E-state index contributed by atoms with van der Waals surface area (Å²) < 4.78 is 5.22. The SMILES string of the molecule is CC(Cc1ccco1)NC(=O)c1cncc(NN)n1. The number of nitrogens with two attached hydrogens (primary N) is 1. The van der Waals surface area contributed by atoms with Gasteiger partial charge in [-0.1, -0.05) is 0 Å². The lowest BCUT2D eigenvalue weighted by Crippen LogP contribution is -2.34. The number of anilines is 1. The average molecular weight is 261 g/mol. The third-order valence-corrected chi connectivity index (χ3v) is 2.48. The van der Waals surface area contributed by atoms with Crippen LogP contribution in [-0.2, 0) is 6.42 Å². The van der Waals surface area contributed by atoms with Gasteiger partial charge in [0.05, 0.1) is 18.7 Å². The molecule has 0 saturated carbocycles. The van der Waals surface area contributed by atoms with E-state index in [1.54, 1.807) is 6.26 Å². The molecule has 0 fully saturated rings. The Morgan fingerprint density at radius 1 is 1.53 bits per heavy atom. The molecule has 0 saturated heterocycles. The van der Waals surface area contributed by atoms with Gasteiger partial charge in [-0.2, -0.15) is 0 Å². The first-order chi connectivity index (χ1) is 9.19. The van der Waals surface area contributed by atoms with Crippen LogP contribution in [0.15, 0.2) is 35.2 Å². The van der Waals surface area contributed by atoms with Crippen molar-refractivity contribution in [2.45, 2.75) is 19.4 Å². The second-order valence-corrected chi connectivity index (χ2v) is 4.09. The van der Waals surface area contributed by atoms with Crippen LogP contribution >= 0.6 is 0 Å². The molecule has 0 radical (unpaired) electrons. The summed E-state index contributed by atoms with van der Waals surface area (Å²) in [6.45, 7) is 1.89. The quantitative estimate of drug-likeness (QED) is 0.541. The molecule has 4 N–H and O–H groups in total. The van der Waals surface area contributed by atoms with Crippen LogP contribution in [0.5, 0.6) is 0 Å². The fraction of sp³-hybridized carbons (Fsp3) is 0.250. The summed E-state index contributed by atoms with van der Waals surface area (Å²) in [6.07, 6.45) is 5.03. The largest absolute Gasteiger partial charge is 0.469 e. The summed E-state index contributed by atoms with van der Waals surface area (Å²) in [5, 5.41) is 2.82. The number of carbonyl (C=O) groups is 1. The second-order valence-electron chi connectivity index (χ2n) is 4.09. The second kappa shape index (κ2) is 5.96. The van der Waals surface area contributed by atoms with Crippen molar-refractivity contribution in [3.63, 3.8) is 0 Å². The van der Waals surface area contributed by atoms with Gasteiger partial charge in [0.2, 0.25) is 0 Å². The Labute approximate surface area is 110 Å². The zero-order chi connectivity index (χ0) is 13.7. The summed E-state index contributed by atoms with van der Waals surface area (Å²) in [7, 11) is 0. The molecule has 1 atom stereocenters. The lowest BCUT2D eigenvalue weighted by atomic mass is 10.2. The summed E-state index contributed by atoms with van der Waals surface area (Å²) >= 11 is 0. The van der Waals surface area contributed by atoms with Crippen molar-refractivity contribution in [3.05, 3.63) is 42.2 Å². The van der Waals surface area contributed by atoms with Crippen LogP contribution < -0.4 is 16.6 Å². The number of rotatable bonds is 5. The van der Waals surface area contributed by atoms with Crippen LogP contribution in [0, 0.1) is 0 Å². The van der Waals surface area contributed by atoms with Crippen molar-refractivity contribution >= 4 is 11.7 Å². The minimum absolute atomic E-state index is 0.0741. The lowest BCUT2D eigenvalue weighted by molar-refractivity contribution is 0.0934. The van der Waals surface area contributed by atoms with E-state index in [2.05, 4.69) is 20.7 Å². The minimum atomic E-state index is -0.302. The first kappa shape index (κ1) is 13.0. The van der Waals surface area contributed by atoms with Gasteiger partial charge in [0, 0.05) is 12.5 Å². The molecule has 100 valence electrons. The number of hydrogen-bond acceptors (Lipinski definition) is 6. The van der Waals surface area contributed by atoms with Gasteiger partial charge < -0.3 is 15.2 Å². The Balaban J connectivity index is 1.96. The highest BCUT2D eigenvalue weighted by Gasteiger charge is 2.13. The van der Waals surface area contributed by atoms with Crippen molar-refractivity contribution in [1.82, 2.24) is 15.3 Å². The molecule has 19 heavy (non-hydrogen) atoms. The maximum Gasteiger partial charge on any atom is 0.271 e. The minimum Gasteiger partial charge on any atom is -0.469 e. The molecule has 0 aliphatic rings. The van der Waals surface area contributed by atoms with Crippen LogP contribution in [0.1, 0.15) is 23.2 Å². The maximum absolute atomic E-state index is 11.9. The third-order valence-electron chi connectivity index (χ3n) is 2.48. The van der Waals surface area contributed by atoms with Gasteiger partial charge in [-0.3, -0.25) is 9.78 Å². The van der Waals surface area contributed by atoms with E-state index in [9.17, 15) is 4.79 Å². The predicted octanol–water partition coefficient (Wildman–Crippen LogP) is 0.716. The standard InChI is InChI=1S/C12H15N5O2/c1-8(5-9-3-2-4-19-9)15-12(18)10-6-14-7-11(16-10)17-13/h2-4,6-8H,5,13H2,1H3,(H,15,18)(H,16,17). The van der Waals surface area contributed by atoms with E-state index in [1.807, 2.05) is 19.1 Å².